The van der Waals surface area contributed by atoms with E-state index in [2.05, 4.69) is 24.3 Å². The Kier molecular flexibility index (Phi) is 8.09. The molecule has 5 atom stereocenters. The highest BCUT2D eigenvalue weighted by Gasteiger charge is 2.71. The molecule has 1 N–H and O–H groups in total. The number of para-hydroxylation sites is 1. The first kappa shape index (κ1) is 27.6. The van der Waals surface area contributed by atoms with E-state index in [1.165, 1.54) is 6.42 Å². The number of aliphatic hydroxyl groups excluding tert-OH is 1. The number of hydrogen-bond acceptors (Lipinski definition) is 5. The maximum Gasteiger partial charge on any atom is 0.247 e. The van der Waals surface area contributed by atoms with E-state index in [0.717, 1.165) is 57.1 Å². The lowest BCUT2D eigenvalue weighted by atomic mass is 9.78. The number of aliphatic hydroxyl groups is 1. The van der Waals surface area contributed by atoms with Crippen LogP contribution in [0.15, 0.2) is 54.6 Å². The van der Waals surface area contributed by atoms with E-state index in [1.807, 2.05) is 40.1 Å². The molecule has 0 aromatic heterocycles. The van der Waals surface area contributed by atoms with E-state index >= 15 is 0 Å². The number of likely N-dealkylation sites (tertiary alicyclic amines) is 1. The molecule has 1 aromatic carbocycles. The topological polar surface area (TPSA) is 81.2 Å². The highest BCUT2D eigenvalue weighted by molar-refractivity contribution is 8.02. The zero-order valence-electron chi connectivity index (χ0n) is 23.2. The van der Waals surface area contributed by atoms with Crippen LogP contribution in [0.4, 0.5) is 5.69 Å². The SMILES string of the molecule is O=C1[C@@H]2[C@H]3C(=O)N(CCCCCCO)C4C(=O)N(C5CCCCC5)CC=C[C@@]43S[C@@H]2C=CCN1c1ccccc1. The summed E-state index contributed by atoms with van der Waals surface area (Å²) >= 11 is 1.67. The van der Waals surface area contributed by atoms with Gasteiger partial charge in [-0.15, -0.1) is 11.8 Å². The first-order valence-corrected chi connectivity index (χ1v) is 16.0. The summed E-state index contributed by atoms with van der Waals surface area (Å²) in [6, 6.07) is 9.32. The summed E-state index contributed by atoms with van der Waals surface area (Å²) in [7, 11) is 0. The Balaban J connectivity index is 1.36. The van der Waals surface area contributed by atoms with Crippen molar-refractivity contribution in [3.05, 3.63) is 54.6 Å². The first-order valence-electron chi connectivity index (χ1n) is 15.2. The molecule has 2 saturated heterocycles. The van der Waals surface area contributed by atoms with Gasteiger partial charge in [-0.25, -0.2) is 0 Å². The number of anilines is 1. The van der Waals surface area contributed by atoms with Crippen molar-refractivity contribution in [2.45, 2.75) is 79.9 Å². The molecule has 7 nitrogen and oxygen atoms in total. The van der Waals surface area contributed by atoms with Crippen LogP contribution in [0.25, 0.3) is 0 Å². The Morgan fingerprint density at radius 1 is 0.875 bits per heavy atom. The van der Waals surface area contributed by atoms with Gasteiger partial charge in [0.1, 0.15) is 6.04 Å². The van der Waals surface area contributed by atoms with Crippen molar-refractivity contribution in [3.8, 4) is 0 Å². The van der Waals surface area contributed by atoms with Crippen molar-refractivity contribution < 1.29 is 19.5 Å². The largest absolute Gasteiger partial charge is 0.396 e. The Hall–Kier alpha value is -2.58. The predicted octanol–water partition coefficient (Wildman–Crippen LogP) is 4.17. The van der Waals surface area contributed by atoms with Gasteiger partial charge in [0.15, 0.2) is 0 Å². The van der Waals surface area contributed by atoms with Crippen molar-refractivity contribution >= 4 is 35.2 Å². The summed E-state index contributed by atoms with van der Waals surface area (Å²) in [6.45, 7) is 1.73. The van der Waals surface area contributed by atoms with E-state index in [9.17, 15) is 19.5 Å². The average Bonchev–Trinajstić information content (AvgIpc) is 3.28. The minimum Gasteiger partial charge on any atom is -0.396 e. The highest BCUT2D eigenvalue weighted by atomic mass is 32.2. The van der Waals surface area contributed by atoms with Crippen LogP contribution in [-0.2, 0) is 14.4 Å². The number of fused-ring (bicyclic) bond motifs is 2. The molecule has 6 rings (SSSR count). The molecule has 1 saturated carbocycles. The van der Waals surface area contributed by atoms with Crippen molar-refractivity contribution in [1.82, 2.24) is 9.80 Å². The van der Waals surface area contributed by atoms with Gasteiger partial charge in [0.2, 0.25) is 17.7 Å². The number of thioether (sulfide) groups is 1. The van der Waals surface area contributed by atoms with Crippen LogP contribution in [0, 0.1) is 11.8 Å². The molecule has 0 bridgehead atoms. The number of rotatable bonds is 8. The van der Waals surface area contributed by atoms with Crippen molar-refractivity contribution in [3.63, 3.8) is 0 Å². The normalized spacial score (nSPS) is 32.2. The molecule has 1 spiro atoms. The third-order valence-electron chi connectivity index (χ3n) is 9.58. The van der Waals surface area contributed by atoms with Gasteiger partial charge in [-0.05, 0) is 37.8 Å². The van der Waals surface area contributed by atoms with Gasteiger partial charge in [0.25, 0.3) is 0 Å². The lowest BCUT2D eigenvalue weighted by Crippen LogP contribution is -2.55. The van der Waals surface area contributed by atoms with Crippen molar-refractivity contribution in [2.24, 2.45) is 11.8 Å². The van der Waals surface area contributed by atoms with Gasteiger partial charge >= 0.3 is 0 Å². The number of nitrogens with zero attached hydrogens (tertiary/aromatic N) is 3. The standard InChI is InChI=1S/C32H41N3O4S/c36-22-10-2-1-9-19-35-28-31(39)34(24-15-7-4-8-16-24)21-12-18-32(28)27(30(35)38)26-25(40-32)17-11-20-33(29(26)37)23-13-5-3-6-14-23/h3,5-6,11-14,17-18,24-28,36H,1-2,4,7-10,15-16,19-22H2/t25-,26+,27+,28?,32+/m1/s1. The van der Waals surface area contributed by atoms with Crippen LogP contribution >= 0.6 is 11.8 Å². The Morgan fingerprint density at radius 3 is 2.42 bits per heavy atom. The first-order chi connectivity index (χ1) is 19.6. The molecule has 3 fully saturated rings. The second-order valence-electron chi connectivity index (χ2n) is 11.9. The van der Waals surface area contributed by atoms with Crippen LogP contribution in [0.1, 0.15) is 57.8 Å². The van der Waals surface area contributed by atoms with Gasteiger partial charge in [-0.1, -0.05) is 74.6 Å². The summed E-state index contributed by atoms with van der Waals surface area (Å²) in [5.74, 6) is -1.10. The Bertz CT molecular complexity index is 1170. The molecule has 40 heavy (non-hydrogen) atoms. The number of amides is 3. The molecule has 5 aliphatic rings. The fourth-order valence-corrected chi connectivity index (χ4v) is 9.71. The maximum absolute atomic E-state index is 14.5. The summed E-state index contributed by atoms with van der Waals surface area (Å²) in [4.78, 5) is 48.9. The van der Waals surface area contributed by atoms with Gasteiger partial charge in [-0.3, -0.25) is 14.4 Å². The Morgan fingerprint density at radius 2 is 1.65 bits per heavy atom. The molecule has 1 aromatic rings. The van der Waals surface area contributed by atoms with Crippen LogP contribution in [0.3, 0.4) is 0 Å². The van der Waals surface area contributed by atoms with Gasteiger partial charge in [0.05, 0.1) is 16.6 Å². The molecule has 1 unspecified atom stereocenters. The maximum atomic E-state index is 14.5. The predicted molar refractivity (Wildman–Crippen MR) is 158 cm³/mol. The van der Waals surface area contributed by atoms with Gasteiger partial charge < -0.3 is 19.8 Å². The molecule has 0 radical (unpaired) electrons. The number of carbonyl (C=O) groups excluding carboxylic acids is 3. The molecule has 8 heteroatoms. The monoisotopic (exact) mass is 563 g/mol. The molecule has 214 valence electrons. The smallest absolute Gasteiger partial charge is 0.247 e. The second-order valence-corrected chi connectivity index (χ2v) is 13.4. The summed E-state index contributed by atoms with van der Waals surface area (Å²) in [6.07, 6.45) is 17.3. The molecule has 4 aliphatic heterocycles. The number of hydrogen-bond donors (Lipinski definition) is 1. The van der Waals surface area contributed by atoms with Gasteiger partial charge in [-0.2, -0.15) is 0 Å². The zero-order chi connectivity index (χ0) is 27.7. The van der Waals surface area contributed by atoms with E-state index in [1.54, 1.807) is 16.7 Å². The van der Waals surface area contributed by atoms with Crippen LogP contribution < -0.4 is 4.90 Å². The summed E-state index contributed by atoms with van der Waals surface area (Å²) < 4.78 is -0.752. The lowest BCUT2D eigenvalue weighted by Gasteiger charge is -2.39. The van der Waals surface area contributed by atoms with Crippen molar-refractivity contribution in [1.29, 1.82) is 0 Å². The average molecular weight is 564 g/mol. The molecule has 3 amide bonds. The van der Waals surface area contributed by atoms with Crippen LogP contribution in [0.5, 0.6) is 0 Å². The molecular weight excluding hydrogens is 522 g/mol. The van der Waals surface area contributed by atoms with Gasteiger partial charge in [0, 0.05) is 43.2 Å². The van der Waals surface area contributed by atoms with Crippen LogP contribution in [-0.4, -0.2) is 80.9 Å². The Labute approximate surface area is 241 Å². The fourth-order valence-electron chi connectivity index (χ4n) is 7.70. The van der Waals surface area contributed by atoms with E-state index in [0.29, 0.717) is 19.6 Å². The zero-order valence-corrected chi connectivity index (χ0v) is 24.0. The van der Waals surface area contributed by atoms with Crippen molar-refractivity contribution in [2.75, 3.05) is 31.1 Å². The summed E-state index contributed by atoms with van der Waals surface area (Å²) in [5.41, 5.74) is 0.836. The second kappa shape index (κ2) is 11.7. The third-order valence-corrected chi connectivity index (χ3v) is 11.3. The molecule has 1 aliphatic carbocycles. The van der Waals surface area contributed by atoms with E-state index in [-0.39, 0.29) is 35.6 Å². The minimum absolute atomic E-state index is 0.0262. The minimum atomic E-state index is -0.752. The van der Waals surface area contributed by atoms with E-state index < -0.39 is 22.6 Å². The quantitative estimate of drug-likeness (QED) is 0.379. The van der Waals surface area contributed by atoms with E-state index in [4.69, 9.17) is 0 Å². The number of carbonyl (C=O) groups is 3. The molecule has 4 heterocycles. The molecular formula is C32H41N3O4S. The van der Waals surface area contributed by atoms with Crippen LogP contribution in [0.2, 0.25) is 0 Å². The number of benzene rings is 1. The lowest BCUT2D eigenvalue weighted by molar-refractivity contribution is -0.144. The summed E-state index contributed by atoms with van der Waals surface area (Å²) in [5, 5.41) is 9.05. The number of unbranched alkanes of at least 4 members (excludes halogenated alkanes) is 3. The third kappa shape index (κ3) is 4.71. The highest BCUT2D eigenvalue weighted by Crippen LogP contribution is 2.61. The fraction of sp³-hybridized carbons (Fsp3) is 0.594.